The van der Waals surface area contributed by atoms with Crippen molar-refractivity contribution in [1.29, 1.82) is 0 Å². The van der Waals surface area contributed by atoms with E-state index in [1.807, 2.05) is 6.08 Å². The van der Waals surface area contributed by atoms with Crippen molar-refractivity contribution in [3.63, 3.8) is 0 Å². The van der Waals surface area contributed by atoms with E-state index in [9.17, 15) is 61.0 Å². The molecule has 110 heavy (non-hydrogen) atoms. The molecule has 3 saturated heterocycles. The third kappa shape index (κ3) is 48.3. The van der Waals surface area contributed by atoms with Crippen LogP contribution in [-0.4, -0.2) is 193 Å². The van der Waals surface area contributed by atoms with E-state index in [2.05, 4.69) is 104 Å². The Kier molecular flexibility index (Phi) is 64.2. The van der Waals surface area contributed by atoms with Crippen molar-refractivity contribution in [2.75, 3.05) is 26.4 Å². The molecule has 3 aliphatic heterocycles. The van der Waals surface area contributed by atoms with Gasteiger partial charge in [-0.15, -0.1) is 0 Å². The Hall–Kier alpha value is -3.29. The highest BCUT2D eigenvalue weighted by Gasteiger charge is 2.54. The number of amides is 1. The fourth-order valence-corrected chi connectivity index (χ4v) is 14.6. The van der Waals surface area contributed by atoms with Crippen molar-refractivity contribution in [1.82, 2.24) is 5.32 Å². The summed E-state index contributed by atoms with van der Waals surface area (Å²) in [5.41, 5.74) is 0. The summed E-state index contributed by atoms with van der Waals surface area (Å²) < 4.78 is 34.5. The Morgan fingerprint density at radius 2 is 0.636 bits per heavy atom. The van der Waals surface area contributed by atoms with Crippen molar-refractivity contribution in [3.05, 3.63) is 97.2 Å². The molecule has 19 heteroatoms. The van der Waals surface area contributed by atoms with E-state index >= 15 is 0 Å². The minimum atomic E-state index is -1.99. The number of aliphatic hydroxyl groups excluding tert-OH is 11. The molecule has 0 spiro atoms. The molecule has 0 aromatic rings. The van der Waals surface area contributed by atoms with E-state index < -0.39 is 124 Å². The Morgan fingerprint density at radius 3 is 1.02 bits per heavy atom. The van der Waals surface area contributed by atoms with Gasteiger partial charge in [0.15, 0.2) is 18.9 Å². The standard InChI is InChI=1S/C91H161NO18/c1-3-5-7-9-11-13-15-17-19-21-23-25-27-29-31-33-35-36-37-38-39-41-43-45-47-49-51-53-55-57-59-61-63-65-67-69-79(97)92-74(75(96)68-66-64-62-60-58-56-54-52-50-48-46-44-42-40-34-32-30-28-26-24-22-20-18-16-14-12-10-8-6-4-2)73-105-89-85(103)82(100)87(77(71-94)107-89)110-91-86(104)83(101)88(78(72-95)108-91)109-90-84(102)81(99)80(98)76(70-93)106-90/h5,7,11,13,17,19,23,25,29,31,35-36,58,60,66,68,74-78,80-91,93-96,98-104H,3-4,6,8-10,12,14-16,18,20-22,24,26-28,30,32-34,37-57,59,61-65,67,69-73H2,1-2H3,(H,92,97)/b7-5-,13-11-,19-17-,25-23-,31-29-,36-35-,60-58+,68-66+. The fraction of sp³-hybridized carbons (Fsp3) is 0.813. The number of carbonyl (C=O) groups excluding carboxylic acids is 1. The van der Waals surface area contributed by atoms with Crippen LogP contribution in [-0.2, 0) is 33.2 Å². The maximum absolute atomic E-state index is 13.5. The van der Waals surface area contributed by atoms with Crippen LogP contribution in [0.5, 0.6) is 0 Å². The van der Waals surface area contributed by atoms with Gasteiger partial charge in [0, 0.05) is 6.42 Å². The molecular weight excluding hydrogens is 1390 g/mol. The van der Waals surface area contributed by atoms with E-state index in [0.29, 0.717) is 12.8 Å². The van der Waals surface area contributed by atoms with E-state index in [-0.39, 0.29) is 18.9 Å². The molecule has 0 aromatic heterocycles. The summed E-state index contributed by atoms with van der Waals surface area (Å²) in [5.74, 6) is -0.284. The van der Waals surface area contributed by atoms with Gasteiger partial charge in [-0.2, -0.15) is 0 Å². The quantitative estimate of drug-likeness (QED) is 0.0199. The normalized spacial score (nSPS) is 25.6. The van der Waals surface area contributed by atoms with Crippen LogP contribution in [0.1, 0.15) is 341 Å². The van der Waals surface area contributed by atoms with Crippen LogP contribution in [0.15, 0.2) is 97.2 Å². The molecule has 1 amide bonds. The number of unbranched alkanes of at least 4 members (excludes halogenated alkanes) is 41. The van der Waals surface area contributed by atoms with Gasteiger partial charge < -0.3 is 89.9 Å². The minimum Gasteiger partial charge on any atom is -0.394 e. The lowest BCUT2D eigenvalue weighted by Gasteiger charge is -2.48. The zero-order valence-electron chi connectivity index (χ0n) is 68.7. The van der Waals surface area contributed by atoms with Crippen molar-refractivity contribution in [2.24, 2.45) is 0 Å². The molecule has 0 saturated carbocycles. The van der Waals surface area contributed by atoms with Gasteiger partial charge in [0.2, 0.25) is 5.91 Å². The number of aliphatic hydroxyl groups is 11. The van der Waals surface area contributed by atoms with E-state index in [4.69, 9.17) is 28.4 Å². The molecule has 3 aliphatic rings. The molecule has 0 aliphatic carbocycles. The SMILES string of the molecule is CC/C=C\C/C=C\C/C=C\C/C=C\C/C=C\C/C=C\CCCCCCCCCCCCCCCCCCC(=O)NC(COC1OC(CO)C(OC2OC(CO)C(OC3OC(CO)C(O)C(O)C3O)C(O)C2O)C(O)C1O)C(O)/C=C/CC/C=C/CCCCCCCCCCCCCCCCCCCCCCCCCC. The highest BCUT2D eigenvalue weighted by Crippen LogP contribution is 2.33. The van der Waals surface area contributed by atoms with Gasteiger partial charge in [-0.25, -0.2) is 0 Å². The number of hydrogen-bond donors (Lipinski definition) is 12. The number of nitrogens with one attached hydrogen (secondary N) is 1. The Morgan fingerprint density at radius 1 is 0.336 bits per heavy atom. The largest absolute Gasteiger partial charge is 0.394 e. The van der Waals surface area contributed by atoms with Crippen LogP contribution < -0.4 is 5.32 Å². The third-order valence-electron chi connectivity index (χ3n) is 21.6. The van der Waals surface area contributed by atoms with E-state index in [1.165, 1.54) is 231 Å². The predicted molar refractivity (Wildman–Crippen MR) is 443 cm³/mol. The topological polar surface area (TPSA) is 307 Å². The molecule has 0 bridgehead atoms. The van der Waals surface area contributed by atoms with E-state index in [1.54, 1.807) is 6.08 Å². The van der Waals surface area contributed by atoms with Crippen LogP contribution in [0, 0.1) is 0 Å². The monoisotopic (exact) mass is 1560 g/mol. The van der Waals surface area contributed by atoms with Crippen molar-refractivity contribution >= 4 is 5.91 Å². The second kappa shape index (κ2) is 70.0. The summed E-state index contributed by atoms with van der Waals surface area (Å²) in [4.78, 5) is 13.5. The summed E-state index contributed by atoms with van der Waals surface area (Å²) in [6.45, 7) is 1.65. The number of carbonyl (C=O) groups is 1. The predicted octanol–water partition coefficient (Wildman–Crippen LogP) is 16.7. The van der Waals surface area contributed by atoms with Crippen LogP contribution >= 0.6 is 0 Å². The average Bonchev–Trinajstić information content (AvgIpc) is 0.795. The lowest BCUT2D eigenvalue weighted by molar-refractivity contribution is -0.379. The zero-order chi connectivity index (χ0) is 79.5. The molecule has 17 unspecified atom stereocenters. The van der Waals surface area contributed by atoms with Gasteiger partial charge in [0.25, 0.3) is 0 Å². The molecule has 12 N–H and O–H groups in total. The van der Waals surface area contributed by atoms with Crippen molar-refractivity contribution < 1.29 is 89.4 Å². The lowest BCUT2D eigenvalue weighted by atomic mass is 9.96. The smallest absolute Gasteiger partial charge is 0.220 e. The average molecular weight is 1560 g/mol. The molecule has 0 radical (unpaired) electrons. The highest BCUT2D eigenvalue weighted by molar-refractivity contribution is 5.76. The number of allylic oxidation sites excluding steroid dienone is 15. The third-order valence-corrected chi connectivity index (χ3v) is 21.6. The summed E-state index contributed by atoms with van der Waals surface area (Å²) in [5, 5.41) is 121. The van der Waals surface area contributed by atoms with Gasteiger partial charge in [-0.1, -0.05) is 349 Å². The summed E-state index contributed by atoms with van der Waals surface area (Å²) in [6.07, 6.45) is 69.8. The van der Waals surface area contributed by atoms with Gasteiger partial charge in [0.05, 0.1) is 38.6 Å². The molecule has 17 atom stereocenters. The maximum Gasteiger partial charge on any atom is 0.220 e. The number of ether oxygens (including phenoxy) is 6. The van der Waals surface area contributed by atoms with E-state index in [0.717, 1.165) is 77.0 Å². The van der Waals surface area contributed by atoms with Crippen LogP contribution in [0.3, 0.4) is 0 Å². The Bertz CT molecular complexity index is 2360. The van der Waals surface area contributed by atoms with Crippen molar-refractivity contribution in [2.45, 2.75) is 446 Å². The molecule has 19 nitrogen and oxygen atoms in total. The number of rotatable bonds is 71. The zero-order valence-corrected chi connectivity index (χ0v) is 68.7. The van der Waals surface area contributed by atoms with Crippen LogP contribution in [0.4, 0.5) is 0 Å². The first-order valence-corrected chi connectivity index (χ1v) is 44.5. The molecule has 0 aromatic carbocycles. The lowest BCUT2D eigenvalue weighted by Crippen LogP contribution is -2.66. The molecule has 3 rings (SSSR count). The van der Waals surface area contributed by atoms with Crippen molar-refractivity contribution in [3.8, 4) is 0 Å². The first-order valence-electron chi connectivity index (χ1n) is 44.5. The molecule has 638 valence electrons. The van der Waals surface area contributed by atoms with Gasteiger partial charge in [0.1, 0.15) is 73.2 Å². The van der Waals surface area contributed by atoms with Crippen LogP contribution in [0.25, 0.3) is 0 Å². The second-order valence-corrected chi connectivity index (χ2v) is 31.3. The first kappa shape index (κ1) is 101. The molecular formula is C91H161NO18. The van der Waals surface area contributed by atoms with Gasteiger partial charge in [-0.05, 0) is 83.5 Å². The fourth-order valence-electron chi connectivity index (χ4n) is 14.6. The Balaban J connectivity index is 1.34. The summed E-state index contributed by atoms with van der Waals surface area (Å²) in [7, 11) is 0. The summed E-state index contributed by atoms with van der Waals surface area (Å²) in [6, 6.07) is -0.997. The number of hydrogen-bond acceptors (Lipinski definition) is 18. The second-order valence-electron chi connectivity index (χ2n) is 31.3. The minimum absolute atomic E-state index is 0.232. The van der Waals surface area contributed by atoms with Gasteiger partial charge in [-0.3, -0.25) is 4.79 Å². The summed E-state index contributed by atoms with van der Waals surface area (Å²) >= 11 is 0. The van der Waals surface area contributed by atoms with Crippen LogP contribution in [0.2, 0.25) is 0 Å². The maximum atomic E-state index is 13.5. The highest BCUT2D eigenvalue weighted by atomic mass is 16.8. The van der Waals surface area contributed by atoms with Gasteiger partial charge >= 0.3 is 0 Å². The molecule has 3 heterocycles. The Labute approximate surface area is 666 Å². The first-order chi connectivity index (χ1) is 53.8. The molecule has 3 fully saturated rings.